The van der Waals surface area contributed by atoms with Crippen molar-refractivity contribution >= 4 is 11.9 Å². The Balaban J connectivity index is 3.01. The summed E-state index contributed by atoms with van der Waals surface area (Å²) >= 11 is 0. The molecule has 0 aromatic rings. The second-order valence-corrected chi connectivity index (χ2v) is 5.67. The van der Waals surface area contributed by atoms with Crippen molar-refractivity contribution in [3.8, 4) is 0 Å². The van der Waals surface area contributed by atoms with Gasteiger partial charge in [-0.3, -0.25) is 9.59 Å². The minimum absolute atomic E-state index is 0.119. The molecule has 28 heavy (non-hydrogen) atoms. The third-order valence-electron chi connectivity index (χ3n) is 3.22. The highest BCUT2D eigenvalue weighted by atomic mass is 16.6. The fourth-order valence-electron chi connectivity index (χ4n) is 1.85. The monoisotopic (exact) mass is 410 g/mol. The molecule has 0 amide bonds. The molecule has 0 rings (SSSR count). The number of rotatable bonds is 23. The Kier molecular flexibility index (Phi) is 21.0. The van der Waals surface area contributed by atoms with Crippen LogP contribution in [-0.4, -0.2) is 101 Å². The molecule has 0 aromatic carbocycles. The molecular formula is C18H34O10. The summed E-state index contributed by atoms with van der Waals surface area (Å²) in [5, 5.41) is 16.9. The van der Waals surface area contributed by atoms with Gasteiger partial charge in [-0.2, -0.15) is 0 Å². The van der Waals surface area contributed by atoms with Gasteiger partial charge in [-0.15, -0.1) is 0 Å². The van der Waals surface area contributed by atoms with Gasteiger partial charge >= 0.3 is 11.9 Å². The summed E-state index contributed by atoms with van der Waals surface area (Å²) in [6.45, 7) is 5.45. The van der Waals surface area contributed by atoms with Crippen molar-refractivity contribution in [1.29, 1.82) is 0 Å². The van der Waals surface area contributed by atoms with Crippen LogP contribution in [0.1, 0.15) is 25.7 Å². The van der Waals surface area contributed by atoms with E-state index in [-0.39, 0.29) is 12.8 Å². The van der Waals surface area contributed by atoms with Crippen molar-refractivity contribution in [2.75, 3.05) is 79.3 Å². The second-order valence-electron chi connectivity index (χ2n) is 5.67. The molecule has 0 heterocycles. The molecule has 0 aliphatic rings. The van der Waals surface area contributed by atoms with Crippen molar-refractivity contribution in [3.05, 3.63) is 0 Å². The van der Waals surface area contributed by atoms with Gasteiger partial charge in [0.15, 0.2) is 0 Å². The van der Waals surface area contributed by atoms with Crippen LogP contribution in [0.25, 0.3) is 0 Å². The lowest BCUT2D eigenvalue weighted by Crippen LogP contribution is -2.14. The van der Waals surface area contributed by atoms with Gasteiger partial charge in [0.2, 0.25) is 0 Å². The molecule has 0 saturated carbocycles. The van der Waals surface area contributed by atoms with Crippen molar-refractivity contribution < 1.29 is 48.2 Å². The zero-order valence-corrected chi connectivity index (χ0v) is 16.5. The van der Waals surface area contributed by atoms with Crippen LogP contribution in [0.4, 0.5) is 0 Å². The van der Waals surface area contributed by atoms with Crippen LogP contribution in [-0.2, 0) is 38.0 Å². The summed E-state index contributed by atoms with van der Waals surface area (Å²) in [6, 6.07) is 0. The van der Waals surface area contributed by atoms with Crippen LogP contribution in [0, 0.1) is 0 Å². The van der Waals surface area contributed by atoms with Crippen LogP contribution in [0.15, 0.2) is 0 Å². The molecule has 0 atom stereocenters. The third kappa shape index (κ3) is 24.7. The highest BCUT2D eigenvalue weighted by Gasteiger charge is 1.98. The van der Waals surface area contributed by atoms with Gasteiger partial charge in [0.1, 0.15) is 0 Å². The van der Waals surface area contributed by atoms with Crippen LogP contribution >= 0.6 is 0 Å². The molecular weight excluding hydrogens is 376 g/mol. The molecule has 10 heteroatoms. The maximum atomic E-state index is 10.3. The summed E-state index contributed by atoms with van der Waals surface area (Å²) in [7, 11) is 0. The van der Waals surface area contributed by atoms with Crippen LogP contribution in [0.3, 0.4) is 0 Å². The molecule has 0 aliphatic carbocycles. The maximum absolute atomic E-state index is 10.3. The molecule has 0 aromatic heterocycles. The van der Waals surface area contributed by atoms with Gasteiger partial charge in [-0.1, -0.05) is 0 Å². The number of carboxylic acid groups (broad SMARTS) is 2. The lowest BCUT2D eigenvalue weighted by molar-refractivity contribution is -0.138. The molecule has 0 aliphatic heterocycles. The van der Waals surface area contributed by atoms with Crippen LogP contribution in [0.5, 0.6) is 0 Å². The summed E-state index contributed by atoms with van der Waals surface area (Å²) in [5.74, 6) is -1.63. The number of ether oxygens (including phenoxy) is 6. The predicted octanol–water partition coefficient (Wildman–Crippen LogP) is 0.816. The summed E-state index contributed by atoms with van der Waals surface area (Å²) in [5.41, 5.74) is 0. The second kappa shape index (κ2) is 22.0. The predicted molar refractivity (Wildman–Crippen MR) is 98.7 cm³/mol. The normalized spacial score (nSPS) is 11.0. The zero-order valence-electron chi connectivity index (χ0n) is 16.5. The molecule has 0 bridgehead atoms. The molecule has 0 fully saturated rings. The Morgan fingerprint density at radius 3 is 0.857 bits per heavy atom. The Labute approximate surface area is 166 Å². The van der Waals surface area contributed by atoms with Gasteiger partial charge in [0.25, 0.3) is 0 Å². The SMILES string of the molecule is O=C(O)CCCOCCOCCOCCOCCOCCOCCCC(=O)O. The molecule has 0 saturated heterocycles. The van der Waals surface area contributed by atoms with Gasteiger partial charge in [-0.05, 0) is 12.8 Å². The Hall–Kier alpha value is -1.30. The lowest BCUT2D eigenvalue weighted by atomic mass is 10.3. The third-order valence-corrected chi connectivity index (χ3v) is 3.22. The first-order chi connectivity index (χ1) is 13.6. The minimum Gasteiger partial charge on any atom is -0.481 e. The van der Waals surface area contributed by atoms with E-state index in [0.29, 0.717) is 92.1 Å². The highest BCUT2D eigenvalue weighted by Crippen LogP contribution is 1.91. The van der Waals surface area contributed by atoms with E-state index in [1.807, 2.05) is 0 Å². The first-order valence-corrected chi connectivity index (χ1v) is 9.53. The molecule has 0 radical (unpaired) electrons. The fraction of sp³-hybridized carbons (Fsp3) is 0.889. The van der Waals surface area contributed by atoms with Crippen molar-refractivity contribution in [2.24, 2.45) is 0 Å². The highest BCUT2D eigenvalue weighted by molar-refractivity contribution is 5.66. The molecule has 0 spiro atoms. The topological polar surface area (TPSA) is 130 Å². The minimum atomic E-state index is -0.815. The van der Waals surface area contributed by atoms with Crippen molar-refractivity contribution in [2.45, 2.75) is 25.7 Å². The lowest BCUT2D eigenvalue weighted by Gasteiger charge is -2.08. The Morgan fingerprint density at radius 2 is 0.643 bits per heavy atom. The maximum Gasteiger partial charge on any atom is 0.303 e. The van der Waals surface area contributed by atoms with Crippen LogP contribution in [0.2, 0.25) is 0 Å². The number of carbonyl (C=O) groups is 2. The quantitative estimate of drug-likeness (QED) is 0.233. The van der Waals surface area contributed by atoms with E-state index in [1.54, 1.807) is 0 Å². The van der Waals surface area contributed by atoms with E-state index in [4.69, 9.17) is 38.6 Å². The number of hydrogen-bond acceptors (Lipinski definition) is 8. The summed E-state index contributed by atoms with van der Waals surface area (Å²) in [6.07, 6.45) is 1.25. The van der Waals surface area contributed by atoms with Gasteiger partial charge in [0.05, 0.1) is 66.1 Å². The van der Waals surface area contributed by atoms with Crippen molar-refractivity contribution in [1.82, 2.24) is 0 Å². The molecule has 10 nitrogen and oxygen atoms in total. The van der Waals surface area contributed by atoms with Gasteiger partial charge in [0, 0.05) is 26.1 Å². The Morgan fingerprint density at radius 1 is 0.429 bits per heavy atom. The molecule has 2 N–H and O–H groups in total. The average Bonchev–Trinajstić information content (AvgIpc) is 2.65. The van der Waals surface area contributed by atoms with E-state index in [9.17, 15) is 9.59 Å². The first-order valence-electron chi connectivity index (χ1n) is 9.53. The van der Waals surface area contributed by atoms with E-state index in [0.717, 1.165) is 0 Å². The van der Waals surface area contributed by atoms with E-state index >= 15 is 0 Å². The standard InChI is InChI=1S/C18H34O10/c19-17(20)3-1-5-23-7-9-25-11-13-27-15-16-28-14-12-26-10-8-24-6-2-4-18(21)22/h1-16H2,(H,19,20)(H,21,22). The molecule has 166 valence electrons. The Bertz CT molecular complexity index is 330. The van der Waals surface area contributed by atoms with Gasteiger partial charge < -0.3 is 38.6 Å². The largest absolute Gasteiger partial charge is 0.481 e. The first kappa shape index (κ1) is 26.7. The number of aliphatic carboxylic acids is 2. The van der Waals surface area contributed by atoms with Crippen molar-refractivity contribution in [3.63, 3.8) is 0 Å². The summed E-state index contributed by atoms with van der Waals surface area (Å²) < 4.78 is 31.8. The van der Waals surface area contributed by atoms with Crippen LogP contribution < -0.4 is 0 Å². The summed E-state index contributed by atoms with van der Waals surface area (Å²) in [4.78, 5) is 20.6. The fourth-order valence-corrected chi connectivity index (χ4v) is 1.85. The number of carboxylic acids is 2. The van der Waals surface area contributed by atoms with E-state index in [2.05, 4.69) is 0 Å². The smallest absolute Gasteiger partial charge is 0.303 e. The van der Waals surface area contributed by atoms with E-state index in [1.165, 1.54) is 0 Å². The molecule has 0 unspecified atom stereocenters. The zero-order chi connectivity index (χ0) is 20.7. The van der Waals surface area contributed by atoms with Gasteiger partial charge in [-0.25, -0.2) is 0 Å². The number of hydrogen-bond donors (Lipinski definition) is 2. The van der Waals surface area contributed by atoms with E-state index < -0.39 is 11.9 Å². The average molecular weight is 410 g/mol.